The Morgan fingerprint density at radius 2 is 1.85 bits per heavy atom. The normalized spacial score (nSPS) is 23.4. The number of benzene rings is 1. The first kappa shape index (κ1) is 16.4. The lowest BCUT2D eigenvalue weighted by Gasteiger charge is -2.27. The van der Waals surface area contributed by atoms with Crippen LogP contribution in [0.25, 0.3) is 11.4 Å². The van der Waals surface area contributed by atoms with Crippen LogP contribution in [0.5, 0.6) is 0 Å². The van der Waals surface area contributed by atoms with Crippen molar-refractivity contribution < 1.29 is 9.26 Å². The van der Waals surface area contributed by atoms with E-state index in [1.807, 2.05) is 0 Å². The quantitative estimate of drug-likeness (QED) is 0.841. The fourth-order valence-corrected chi connectivity index (χ4v) is 4.81. The first-order valence-electron chi connectivity index (χ1n) is 9.82. The lowest BCUT2D eigenvalue weighted by atomic mass is 9.94. The van der Waals surface area contributed by atoms with Gasteiger partial charge in [-0.2, -0.15) is 4.98 Å². The van der Waals surface area contributed by atoms with Crippen molar-refractivity contribution in [3.8, 4) is 11.4 Å². The number of fused-ring (bicyclic) bond motifs is 1. The van der Waals surface area contributed by atoms with Crippen LogP contribution < -0.4 is 0 Å². The van der Waals surface area contributed by atoms with Gasteiger partial charge < -0.3 is 9.26 Å². The number of hydrogen-bond acceptors (Lipinski definition) is 6. The Kier molecular flexibility index (Phi) is 4.27. The summed E-state index contributed by atoms with van der Waals surface area (Å²) in [5.41, 5.74) is 2.35. The molecule has 6 nitrogen and oxygen atoms in total. The van der Waals surface area contributed by atoms with Crippen LogP contribution in [0.3, 0.4) is 0 Å². The average Bonchev–Trinajstić information content (AvgIpc) is 3.38. The Labute approximate surface area is 154 Å². The zero-order chi connectivity index (χ0) is 17.4. The summed E-state index contributed by atoms with van der Waals surface area (Å²) in [5.74, 6) is 1.54. The van der Waals surface area contributed by atoms with Gasteiger partial charge >= 0.3 is 0 Å². The average molecular weight is 354 g/mol. The van der Waals surface area contributed by atoms with Crippen molar-refractivity contribution in [3.05, 3.63) is 35.7 Å². The Morgan fingerprint density at radius 1 is 1.04 bits per heavy atom. The van der Waals surface area contributed by atoms with E-state index in [0.29, 0.717) is 0 Å². The van der Waals surface area contributed by atoms with E-state index in [2.05, 4.69) is 39.2 Å². The van der Waals surface area contributed by atoms with Crippen molar-refractivity contribution >= 4 is 0 Å². The van der Waals surface area contributed by atoms with Gasteiger partial charge in [0.05, 0.1) is 13.2 Å². The maximum Gasteiger partial charge on any atom is 0.247 e. The largest absolute Gasteiger partial charge is 0.379 e. The highest BCUT2D eigenvalue weighted by Crippen LogP contribution is 2.46. The molecule has 3 aliphatic rings. The van der Waals surface area contributed by atoms with Crippen LogP contribution in [0.4, 0.5) is 0 Å². The predicted molar refractivity (Wildman–Crippen MR) is 97.5 cm³/mol. The smallest absolute Gasteiger partial charge is 0.247 e. The molecule has 6 heteroatoms. The molecule has 5 rings (SSSR count). The second-order valence-corrected chi connectivity index (χ2v) is 7.74. The summed E-state index contributed by atoms with van der Waals surface area (Å²) in [5, 5.41) is 4.33. The molecule has 0 amide bonds. The van der Waals surface area contributed by atoms with Gasteiger partial charge in [-0.25, -0.2) is 0 Å². The predicted octanol–water partition coefficient (Wildman–Crippen LogP) is 2.65. The van der Waals surface area contributed by atoms with Gasteiger partial charge in [0.2, 0.25) is 11.7 Å². The van der Waals surface area contributed by atoms with Gasteiger partial charge in [-0.3, -0.25) is 9.80 Å². The third-order valence-electron chi connectivity index (χ3n) is 6.16. The van der Waals surface area contributed by atoms with Crippen molar-refractivity contribution in [2.45, 2.75) is 37.8 Å². The molecule has 1 aromatic carbocycles. The summed E-state index contributed by atoms with van der Waals surface area (Å²) in [6.07, 6.45) is 4.75. The molecule has 26 heavy (non-hydrogen) atoms. The van der Waals surface area contributed by atoms with Crippen LogP contribution in [-0.2, 0) is 16.8 Å². The van der Waals surface area contributed by atoms with E-state index < -0.39 is 0 Å². The lowest BCUT2D eigenvalue weighted by molar-refractivity contribution is 0.0342. The summed E-state index contributed by atoms with van der Waals surface area (Å²) < 4.78 is 11.2. The molecule has 4 heterocycles. The van der Waals surface area contributed by atoms with Gasteiger partial charge in [0, 0.05) is 25.2 Å². The van der Waals surface area contributed by atoms with Crippen LogP contribution in [0.1, 0.15) is 37.1 Å². The number of ether oxygens (including phenoxy) is 1. The van der Waals surface area contributed by atoms with E-state index in [1.165, 1.54) is 18.4 Å². The van der Waals surface area contributed by atoms with Gasteiger partial charge in [-0.15, -0.1) is 0 Å². The van der Waals surface area contributed by atoms with E-state index in [-0.39, 0.29) is 5.54 Å². The minimum Gasteiger partial charge on any atom is -0.379 e. The van der Waals surface area contributed by atoms with E-state index in [1.54, 1.807) is 0 Å². The number of nitrogens with zero attached hydrogens (tertiary/aromatic N) is 4. The highest BCUT2D eigenvalue weighted by molar-refractivity contribution is 5.55. The minimum absolute atomic E-state index is 0.0106. The van der Waals surface area contributed by atoms with E-state index in [9.17, 15) is 0 Å². The highest BCUT2D eigenvalue weighted by atomic mass is 16.5. The van der Waals surface area contributed by atoms with Crippen molar-refractivity contribution in [2.24, 2.45) is 0 Å². The van der Waals surface area contributed by atoms with E-state index in [4.69, 9.17) is 14.2 Å². The summed E-state index contributed by atoms with van der Waals surface area (Å²) in [7, 11) is 0. The van der Waals surface area contributed by atoms with Crippen molar-refractivity contribution in [3.63, 3.8) is 0 Å². The highest BCUT2D eigenvalue weighted by Gasteiger charge is 2.49. The molecule has 0 bridgehead atoms. The Bertz CT molecular complexity index is 759. The summed E-state index contributed by atoms with van der Waals surface area (Å²) in [4.78, 5) is 9.80. The summed E-state index contributed by atoms with van der Waals surface area (Å²) in [6.45, 7) is 6.90. The Balaban J connectivity index is 1.37. The van der Waals surface area contributed by atoms with Crippen molar-refractivity contribution in [1.29, 1.82) is 0 Å². The number of hydrogen-bond donors (Lipinski definition) is 0. The van der Waals surface area contributed by atoms with Gasteiger partial charge in [-0.1, -0.05) is 23.4 Å². The molecular formula is C20H26N4O2. The van der Waals surface area contributed by atoms with Gasteiger partial charge in [0.1, 0.15) is 5.54 Å². The molecule has 3 fully saturated rings. The SMILES string of the molecule is c1cc(CN2CCOCC2)cc(-c2noc(C34CCCN3CCC4)n2)c1. The first-order chi connectivity index (χ1) is 12.8. The second kappa shape index (κ2) is 6.76. The zero-order valence-electron chi connectivity index (χ0n) is 15.2. The minimum atomic E-state index is 0.0106. The van der Waals surface area contributed by atoms with E-state index in [0.717, 1.165) is 76.1 Å². The number of rotatable bonds is 4. The van der Waals surface area contributed by atoms with Gasteiger partial charge in [-0.05, 0) is 50.4 Å². The maximum atomic E-state index is 5.77. The standard InChI is InChI=1S/C20H26N4O2/c1-4-16(15-23-10-12-25-13-11-23)14-17(5-1)18-21-19(26-22-18)20-6-2-8-24(20)9-3-7-20/h1,4-5,14H,2-3,6-13,15H2. The number of aromatic nitrogens is 2. The lowest BCUT2D eigenvalue weighted by Crippen LogP contribution is -2.35. The third kappa shape index (κ3) is 2.86. The fraction of sp³-hybridized carbons (Fsp3) is 0.600. The molecule has 0 spiro atoms. The monoisotopic (exact) mass is 354 g/mol. The van der Waals surface area contributed by atoms with Crippen LogP contribution in [-0.4, -0.2) is 59.3 Å². The Hall–Kier alpha value is -1.76. The van der Waals surface area contributed by atoms with Crippen molar-refractivity contribution in [1.82, 2.24) is 19.9 Å². The second-order valence-electron chi connectivity index (χ2n) is 7.74. The van der Waals surface area contributed by atoms with Crippen LogP contribution in [0.15, 0.2) is 28.8 Å². The molecule has 3 aliphatic heterocycles. The summed E-state index contributed by atoms with van der Waals surface area (Å²) >= 11 is 0. The molecule has 138 valence electrons. The molecule has 3 saturated heterocycles. The molecule has 0 aliphatic carbocycles. The molecule has 0 atom stereocenters. The van der Waals surface area contributed by atoms with Crippen LogP contribution in [0, 0.1) is 0 Å². The first-order valence-corrected chi connectivity index (χ1v) is 9.82. The topological polar surface area (TPSA) is 54.6 Å². The zero-order valence-corrected chi connectivity index (χ0v) is 15.2. The van der Waals surface area contributed by atoms with Gasteiger partial charge in [0.25, 0.3) is 0 Å². The molecule has 0 unspecified atom stereocenters. The molecule has 0 radical (unpaired) electrons. The van der Waals surface area contributed by atoms with Crippen molar-refractivity contribution in [2.75, 3.05) is 39.4 Å². The summed E-state index contributed by atoms with van der Waals surface area (Å²) in [6, 6.07) is 8.55. The number of morpholine rings is 1. The molecule has 0 saturated carbocycles. The molecular weight excluding hydrogens is 328 g/mol. The Morgan fingerprint density at radius 3 is 2.65 bits per heavy atom. The maximum absolute atomic E-state index is 5.77. The molecule has 1 aromatic heterocycles. The van der Waals surface area contributed by atoms with Crippen LogP contribution >= 0.6 is 0 Å². The third-order valence-corrected chi connectivity index (χ3v) is 6.16. The fourth-order valence-electron chi connectivity index (χ4n) is 4.81. The van der Waals surface area contributed by atoms with Gasteiger partial charge in [0.15, 0.2) is 0 Å². The van der Waals surface area contributed by atoms with Crippen LogP contribution in [0.2, 0.25) is 0 Å². The van der Waals surface area contributed by atoms with E-state index >= 15 is 0 Å². The molecule has 2 aromatic rings. The molecule has 0 N–H and O–H groups in total.